The summed E-state index contributed by atoms with van der Waals surface area (Å²) in [6, 6.07) is 8.82. The molecule has 4 rings (SSSR count). The van der Waals surface area contributed by atoms with Crippen molar-refractivity contribution in [1.29, 1.82) is 0 Å². The third-order valence-electron chi connectivity index (χ3n) is 4.86. The molecule has 31 heavy (non-hydrogen) atoms. The summed E-state index contributed by atoms with van der Waals surface area (Å²) in [6.07, 6.45) is 4.32. The molecule has 3 heterocycles. The molecule has 0 saturated carbocycles. The SMILES string of the molecule is O=C(Nc1cc(F)ccc1C(=O)NCc1ccnc(N2CCOCC2)c1)c1ccoc1. The van der Waals surface area contributed by atoms with Gasteiger partial charge in [0.15, 0.2) is 0 Å². The minimum Gasteiger partial charge on any atom is -0.472 e. The zero-order chi connectivity index (χ0) is 21.6. The molecule has 2 N–H and O–H groups in total. The predicted octanol–water partition coefficient (Wildman–Crippen LogP) is 2.83. The zero-order valence-electron chi connectivity index (χ0n) is 16.6. The normalized spacial score (nSPS) is 13.6. The monoisotopic (exact) mass is 424 g/mol. The molecule has 1 saturated heterocycles. The van der Waals surface area contributed by atoms with E-state index in [9.17, 15) is 14.0 Å². The smallest absolute Gasteiger partial charge is 0.258 e. The van der Waals surface area contributed by atoms with Crippen molar-refractivity contribution in [2.24, 2.45) is 0 Å². The molecular formula is C22H21FN4O4. The number of rotatable bonds is 6. The van der Waals surface area contributed by atoms with Gasteiger partial charge in [-0.15, -0.1) is 0 Å². The minimum atomic E-state index is -0.566. The Morgan fingerprint density at radius 3 is 2.71 bits per heavy atom. The maximum absolute atomic E-state index is 13.8. The summed E-state index contributed by atoms with van der Waals surface area (Å²) in [5.41, 5.74) is 1.37. The van der Waals surface area contributed by atoms with Crippen LogP contribution in [0.25, 0.3) is 0 Å². The highest BCUT2D eigenvalue weighted by Gasteiger charge is 2.17. The standard InChI is InChI=1S/C22H21FN4O4/c23-17-1-2-18(19(12-17)26-21(28)16-4-8-31-14-16)22(29)25-13-15-3-5-24-20(11-15)27-6-9-30-10-7-27/h1-5,8,11-12,14H,6-7,9-10,13H2,(H,25,29)(H,26,28). The van der Waals surface area contributed by atoms with Crippen LogP contribution in [-0.2, 0) is 11.3 Å². The molecule has 2 aromatic heterocycles. The molecule has 3 aromatic rings. The van der Waals surface area contributed by atoms with Gasteiger partial charge in [-0.2, -0.15) is 0 Å². The number of morpholine rings is 1. The van der Waals surface area contributed by atoms with Crippen molar-refractivity contribution < 1.29 is 23.1 Å². The van der Waals surface area contributed by atoms with Gasteiger partial charge in [0.25, 0.3) is 11.8 Å². The Kier molecular flexibility index (Phi) is 6.23. The van der Waals surface area contributed by atoms with Crippen molar-refractivity contribution in [3.8, 4) is 0 Å². The number of furan rings is 1. The molecule has 9 heteroatoms. The number of halogens is 1. The molecule has 0 bridgehead atoms. The van der Waals surface area contributed by atoms with Crippen molar-refractivity contribution in [1.82, 2.24) is 10.3 Å². The van der Waals surface area contributed by atoms with Gasteiger partial charge in [0, 0.05) is 25.8 Å². The molecule has 160 valence electrons. The number of hydrogen-bond acceptors (Lipinski definition) is 6. The first-order valence-corrected chi connectivity index (χ1v) is 9.79. The highest BCUT2D eigenvalue weighted by Crippen LogP contribution is 2.19. The Bertz CT molecular complexity index is 1070. The zero-order valence-corrected chi connectivity index (χ0v) is 16.6. The number of benzene rings is 1. The van der Waals surface area contributed by atoms with E-state index in [1.807, 2.05) is 12.1 Å². The van der Waals surface area contributed by atoms with Crippen LogP contribution in [0.2, 0.25) is 0 Å². The summed E-state index contributed by atoms with van der Waals surface area (Å²) in [7, 11) is 0. The Morgan fingerprint density at radius 1 is 1.10 bits per heavy atom. The molecule has 0 radical (unpaired) electrons. The van der Waals surface area contributed by atoms with Gasteiger partial charge in [-0.25, -0.2) is 9.37 Å². The van der Waals surface area contributed by atoms with E-state index >= 15 is 0 Å². The van der Waals surface area contributed by atoms with E-state index < -0.39 is 17.6 Å². The van der Waals surface area contributed by atoms with Crippen LogP contribution in [0.1, 0.15) is 26.3 Å². The Hall–Kier alpha value is -3.72. The maximum atomic E-state index is 13.8. The number of ether oxygens (including phenoxy) is 1. The van der Waals surface area contributed by atoms with Crippen LogP contribution in [0.15, 0.2) is 59.5 Å². The van der Waals surface area contributed by atoms with Crippen molar-refractivity contribution in [3.05, 3.63) is 77.6 Å². The van der Waals surface area contributed by atoms with E-state index in [-0.39, 0.29) is 23.4 Å². The second kappa shape index (κ2) is 9.40. The van der Waals surface area contributed by atoms with Crippen LogP contribution in [0.5, 0.6) is 0 Å². The quantitative estimate of drug-likeness (QED) is 0.632. The lowest BCUT2D eigenvalue weighted by Crippen LogP contribution is -2.36. The topological polar surface area (TPSA) is 96.7 Å². The Morgan fingerprint density at radius 2 is 1.94 bits per heavy atom. The van der Waals surface area contributed by atoms with E-state index in [1.165, 1.54) is 30.7 Å². The van der Waals surface area contributed by atoms with Gasteiger partial charge in [-0.05, 0) is 42.0 Å². The summed E-state index contributed by atoms with van der Waals surface area (Å²) < 4.78 is 24.0. The number of nitrogens with one attached hydrogen (secondary N) is 2. The van der Waals surface area contributed by atoms with Crippen molar-refractivity contribution in [2.45, 2.75) is 6.54 Å². The minimum absolute atomic E-state index is 0.0763. The highest BCUT2D eigenvalue weighted by molar-refractivity contribution is 6.08. The molecule has 0 unspecified atom stereocenters. The summed E-state index contributed by atoms with van der Waals surface area (Å²) in [4.78, 5) is 31.6. The average molecular weight is 424 g/mol. The Labute approximate surface area is 178 Å². The fourth-order valence-electron chi connectivity index (χ4n) is 3.22. The largest absolute Gasteiger partial charge is 0.472 e. The Balaban J connectivity index is 1.45. The van der Waals surface area contributed by atoms with Crippen molar-refractivity contribution in [3.63, 3.8) is 0 Å². The summed E-state index contributed by atoms with van der Waals surface area (Å²) in [5.74, 6) is -0.682. The lowest BCUT2D eigenvalue weighted by atomic mass is 10.1. The van der Waals surface area contributed by atoms with E-state index in [1.54, 1.807) is 6.20 Å². The first-order valence-electron chi connectivity index (χ1n) is 9.79. The fraction of sp³-hybridized carbons (Fsp3) is 0.227. The number of aromatic nitrogens is 1. The molecule has 0 atom stereocenters. The molecule has 0 aliphatic carbocycles. The van der Waals surface area contributed by atoms with Crippen molar-refractivity contribution >= 4 is 23.3 Å². The summed E-state index contributed by atoms with van der Waals surface area (Å²) in [6.45, 7) is 3.09. The summed E-state index contributed by atoms with van der Waals surface area (Å²) in [5, 5.41) is 5.37. The second-order valence-electron chi connectivity index (χ2n) is 6.96. The van der Waals surface area contributed by atoms with E-state index in [0.717, 1.165) is 30.5 Å². The third-order valence-corrected chi connectivity index (χ3v) is 4.86. The highest BCUT2D eigenvalue weighted by atomic mass is 19.1. The third kappa shape index (κ3) is 5.07. The number of amides is 2. The van der Waals surface area contributed by atoms with Gasteiger partial charge >= 0.3 is 0 Å². The van der Waals surface area contributed by atoms with Crippen LogP contribution >= 0.6 is 0 Å². The molecular weight excluding hydrogens is 403 g/mol. The number of anilines is 2. The van der Waals surface area contributed by atoms with Crippen LogP contribution in [0.4, 0.5) is 15.9 Å². The molecule has 1 aliphatic heterocycles. The molecule has 0 spiro atoms. The number of hydrogen-bond donors (Lipinski definition) is 2. The van der Waals surface area contributed by atoms with Gasteiger partial charge in [-0.3, -0.25) is 9.59 Å². The van der Waals surface area contributed by atoms with Gasteiger partial charge in [0.1, 0.15) is 17.9 Å². The van der Waals surface area contributed by atoms with E-state index in [4.69, 9.17) is 9.15 Å². The average Bonchev–Trinajstić information content (AvgIpc) is 3.34. The number of pyridine rings is 1. The number of nitrogens with zero attached hydrogens (tertiary/aromatic N) is 2. The second-order valence-corrected chi connectivity index (χ2v) is 6.96. The molecule has 8 nitrogen and oxygen atoms in total. The van der Waals surface area contributed by atoms with Gasteiger partial charge in [-0.1, -0.05) is 0 Å². The molecule has 2 amide bonds. The maximum Gasteiger partial charge on any atom is 0.258 e. The first kappa shape index (κ1) is 20.5. The van der Waals surface area contributed by atoms with Crippen molar-refractivity contribution in [2.75, 3.05) is 36.5 Å². The van der Waals surface area contributed by atoms with E-state index in [0.29, 0.717) is 13.2 Å². The first-order chi connectivity index (χ1) is 15.1. The van der Waals surface area contributed by atoms with E-state index in [2.05, 4.69) is 20.5 Å². The van der Waals surface area contributed by atoms with Crippen LogP contribution in [0.3, 0.4) is 0 Å². The lowest BCUT2D eigenvalue weighted by molar-refractivity contribution is 0.0951. The van der Waals surface area contributed by atoms with Crippen LogP contribution < -0.4 is 15.5 Å². The number of carbonyl (C=O) groups is 2. The molecule has 1 aromatic carbocycles. The molecule has 1 fully saturated rings. The predicted molar refractivity (Wildman–Crippen MR) is 112 cm³/mol. The number of carbonyl (C=O) groups excluding carboxylic acids is 2. The van der Waals surface area contributed by atoms with Crippen LogP contribution in [-0.4, -0.2) is 43.1 Å². The lowest BCUT2D eigenvalue weighted by Gasteiger charge is -2.28. The van der Waals surface area contributed by atoms with Crippen LogP contribution in [0, 0.1) is 5.82 Å². The molecule has 1 aliphatic rings. The van der Waals surface area contributed by atoms with Gasteiger partial charge in [0.2, 0.25) is 0 Å². The fourth-order valence-corrected chi connectivity index (χ4v) is 3.22. The van der Waals surface area contributed by atoms with Gasteiger partial charge in [0.05, 0.1) is 36.3 Å². The summed E-state index contributed by atoms with van der Waals surface area (Å²) >= 11 is 0. The van der Waals surface area contributed by atoms with Gasteiger partial charge < -0.3 is 24.7 Å².